The maximum atomic E-state index is 11.5. The fraction of sp³-hybridized carbons (Fsp3) is 0.375. The number of nitrogens with two attached hydrogens (primary N) is 1. The lowest BCUT2D eigenvalue weighted by atomic mass is 10.4. The van der Waals surface area contributed by atoms with Crippen LogP contribution in [0.25, 0.3) is 0 Å². The van der Waals surface area contributed by atoms with E-state index in [1.54, 1.807) is 0 Å². The Bertz CT molecular complexity index is 417. The van der Waals surface area contributed by atoms with Gasteiger partial charge in [0.05, 0.1) is 9.80 Å². The molecular weight excluding hydrogens is 218 g/mol. The van der Waals surface area contributed by atoms with Gasteiger partial charge in [0.15, 0.2) is 0 Å². The van der Waals surface area contributed by atoms with Crippen molar-refractivity contribution >= 4 is 22.2 Å². The average molecular weight is 227 g/mol. The Balaban J connectivity index is 2.02. The summed E-state index contributed by atoms with van der Waals surface area (Å²) >= 11 is 0.868. The van der Waals surface area contributed by atoms with Crippen LogP contribution in [0, 0.1) is 10.1 Å². The highest BCUT2D eigenvalue weighted by Crippen LogP contribution is 2.25. The van der Waals surface area contributed by atoms with Gasteiger partial charge in [-0.25, -0.2) is 0 Å². The molecule has 6 nitrogen and oxygen atoms in total. The van der Waals surface area contributed by atoms with Crippen molar-refractivity contribution in [2.75, 3.05) is 0 Å². The number of carbonyl (C=O) groups is 1. The van der Waals surface area contributed by atoms with Gasteiger partial charge in [-0.15, -0.1) is 0 Å². The number of nitrogens with zero attached hydrogens (tertiary/aromatic N) is 1. The molecule has 0 aliphatic heterocycles. The zero-order chi connectivity index (χ0) is 11.0. The second-order valence-corrected chi connectivity index (χ2v) is 4.44. The Labute approximate surface area is 89.2 Å². The highest BCUT2D eigenvalue weighted by molar-refractivity contribution is 7.17. The van der Waals surface area contributed by atoms with E-state index in [2.05, 4.69) is 5.32 Å². The van der Waals surface area contributed by atoms with Crippen molar-refractivity contribution in [2.24, 2.45) is 5.73 Å². The number of carbonyl (C=O) groups excluding carboxylic acids is 1. The van der Waals surface area contributed by atoms with E-state index in [9.17, 15) is 14.9 Å². The first kappa shape index (κ1) is 10.1. The smallest absolute Gasteiger partial charge is 0.324 e. The first-order chi connectivity index (χ1) is 7.08. The first-order valence-electron chi connectivity index (χ1n) is 4.38. The van der Waals surface area contributed by atoms with E-state index in [1.165, 1.54) is 12.1 Å². The molecule has 15 heavy (non-hydrogen) atoms. The van der Waals surface area contributed by atoms with Crippen LogP contribution in [0.2, 0.25) is 0 Å². The zero-order valence-corrected chi connectivity index (χ0v) is 8.49. The van der Waals surface area contributed by atoms with Gasteiger partial charge in [0.25, 0.3) is 5.91 Å². The monoisotopic (exact) mass is 227 g/mol. The Morgan fingerprint density at radius 2 is 2.33 bits per heavy atom. The predicted octanol–water partition coefficient (Wildman–Crippen LogP) is 0.486. The van der Waals surface area contributed by atoms with Crippen molar-refractivity contribution in [1.82, 2.24) is 5.32 Å². The minimum atomic E-state index is -0.510. The molecular formula is C8H9N3O3S. The number of hydrogen-bond acceptors (Lipinski definition) is 5. The van der Waals surface area contributed by atoms with E-state index >= 15 is 0 Å². The molecule has 1 amide bonds. The second kappa shape index (κ2) is 3.59. The van der Waals surface area contributed by atoms with Crippen LogP contribution in [0.1, 0.15) is 16.1 Å². The lowest BCUT2D eigenvalue weighted by Gasteiger charge is -1.99. The fourth-order valence-corrected chi connectivity index (χ4v) is 1.89. The number of rotatable bonds is 3. The van der Waals surface area contributed by atoms with Gasteiger partial charge >= 0.3 is 5.00 Å². The highest BCUT2D eigenvalue weighted by atomic mass is 32.1. The molecule has 2 rings (SSSR count). The summed E-state index contributed by atoms with van der Waals surface area (Å²) in [5, 5.41) is 13.1. The summed E-state index contributed by atoms with van der Waals surface area (Å²) in [4.78, 5) is 21.7. The standard InChI is InChI=1S/C8H9N3O3S/c9-4-3-5(4)10-8(12)6-1-2-7(15-6)11(13)14/h1-2,4-5H,3,9H2,(H,10,12). The van der Waals surface area contributed by atoms with Gasteiger partial charge in [0, 0.05) is 18.2 Å². The second-order valence-electron chi connectivity index (χ2n) is 3.37. The largest absolute Gasteiger partial charge is 0.347 e. The van der Waals surface area contributed by atoms with E-state index in [1.807, 2.05) is 0 Å². The van der Waals surface area contributed by atoms with Crippen LogP contribution in [0.15, 0.2) is 12.1 Å². The highest BCUT2D eigenvalue weighted by Gasteiger charge is 2.35. The first-order valence-corrected chi connectivity index (χ1v) is 5.20. The Morgan fingerprint density at radius 1 is 1.67 bits per heavy atom. The van der Waals surface area contributed by atoms with Crippen molar-refractivity contribution in [2.45, 2.75) is 18.5 Å². The Kier molecular flexibility index (Phi) is 2.41. The Morgan fingerprint density at radius 3 is 2.80 bits per heavy atom. The van der Waals surface area contributed by atoms with Gasteiger partial charge in [-0.2, -0.15) is 0 Å². The van der Waals surface area contributed by atoms with E-state index in [0.29, 0.717) is 4.88 Å². The van der Waals surface area contributed by atoms with Crippen molar-refractivity contribution in [1.29, 1.82) is 0 Å². The summed E-state index contributed by atoms with van der Waals surface area (Å²) in [6.07, 6.45) is 0.777. The summed E-state index contributed by atoms with van der Waals surface area (Å²) in [5.74, 6) is -0.286. The molecule has 1 aromatic heterocycles. The van der Waals surface area contributed by atoms with Crippen LogP contribution in [-0.2, 0) is 0 Å². The molecule has 0 bridgehead atoms. The van der Waals surface area contributed by atoms with Crippen LogP contribution < -0.4 is 11.1 Å². The fourth-order valence-electron chi connectivity index (χ4n) is 1.17. The number of nitrogens with one attached hydrogen (secondary N) is 1. The molecule has 3 N–H and O–H groups in total. The quantitative estimate of drug-likeness (QED) is 0.579. The topological polar surface area (TPSA) is 98.3 Å². The number of amides is 1. The van der Waals surface area contributed by atoms with E-state index in [4.69, 9.17) is 5.73 Å². The van der Waals surface area contributed by atoms with Gasteiger partial charge in [-0.1, -0.05) is 11.3 Å². The summed E-state index contributed by atoms with van der Waals surface area (Å²) in [7, 11) is 0. The SMILES string of the molecule is NC1CC1NC(=O)c1ccc([N+](=O)[O-])s1. The minimum absolute atomic E-state index is 0.0265. The summed E-state index contributed by atoms with van der Waals surface area (Å²) in [5.41, 5.74) is 5.53. The maximum Gasteiger partial charge on any atom is 0.324 e. The summed E-state index contributed by atoms with van der Waals surface area (Å²) < 4.78 is 0. The third-order valence-corrected chi connectivity index (χ3v) is 3.19. The van der Waals surface area contributed by atoms with Gasteiger partial charge < -0.3 is 11.1 Å². The molecule has 1 aromatic rings. The van der Waals surface area contributed by atoms with E-state index in [0.717, 1.165) is 17.8 Å². The van der Waals surface area contributed by atoms with Gasteiger partial charge in [0.1, 0.15) is 0 Å². The lowest BCUT2D eigenvalue weighted by molar-refractivity contribution is -0.380. The van der Waals surface area contributed by atoms with Crippen molar-refractivity contribution < 1.29 is 9.72 Å². The number of thiophene rings is 1. The number of hydrogen-bond donors (Lipinski definition) is 2. The van der Waals surface area contributed by atoms with E-state index in [-0.39, 0.29) is 23.0 Å². The predicted molar refractivity (Wildman–Crippen MR) is 54.8 cm³/mol. The third kappa shape index (κ3) is 2.13. The molecule has 1 heterocycles. The van der Waals surface area contributed by atoms with Crippen molar-refractivity contribution in [3.63, 3.8) is 0 Å². The molecule has 0 radical (unpaired) electrons. The van der Waals surface area contributed by atoms with Crippen LogP contribution in [0.4, 0.5) is 5.00 Å². The van der Waals surface area contributed by atoms with Crippen LogP contribution in [-0.4, -0.2) is 22.9 Å². The molecule has 0 spiro atoms. The van der Waals surface area contributed by atoms with Crippen LogP contribution in [0.3, 0.4) is 0 Å². The summed E-state index contributed by atoms with van der Waals surface area (Å²) in [6.45, 7) is 0. The normalized spacial score (nSPS) is 23.5. The third-order valence-electron chi connectivity index (χ3n) is 2.15. The van der Waals surface area contributed by atoms with Gasteiger partial charge in [-0.05, 0) is 12.5 Å². The molecule has 7 heteroatoms. The molecule has 0 saturated heterocycles. The van der Waals surface area contributed by atoms with Crippen LogP contribution in [0.5, 0.6) is 0 Å². The molecule has 80 valence electrons. The molecule has 1 fully saturated rings. The molecule has 2 unspecified atom stereocenters. The molecule has 1 aliphatic carbocycles. The molecule has 2 atom stereocenters. The molecule has 1 aliphatic rings. The molecule has 0 aromatic carbocycles. The molecule has 1 saturated carbocycles. The van der Waals surface area contributed by atoms with Crippen LogP contribution >= 0.6 is 11.3 Å². The van der Waals surface area contributed by atoms with E-state index < -0.39 is 4.92 Å². The zero-order valence-electron chi connectivity index (χ0n) is 7.67. The minimum Gasteiger partial charge on any atom is -0.347 e. The van der Waals surface area contributed by atoms with Crippen molar-refractivity contribution in [3.05, 3.63) is 27.1 Å². The lowest BCUT2D eigenvalue weighted by Crippen LogP contribution is -2.28. The van der Waals surface area contributed by atoms with Gasteiger partial charge in [-0.3, -0.25) is 14.9 Å². The maximum absolute atomic E-state index is 11.5. The van der Waals surface area contributed by atoms with Crippen molar-refractivity contribution in [3.8, 4) is 0 Å². The number of nitro groups is 1. The van der Waals surface area contributed by atoms with Gasteiger partial charge in [0.2, 0.25) is 0 Å². The summed E-state index contributed by atoms with van der Waals surface area (Å²) in [6, 6.07) is 2.83. The Hall–Kier alpha value is -1.47. The average Bonchev–Trinajstić information content (AvgIpc) is 2.71.